The van der Waals surface area contributed by atoms with Gasteiger partial charge in [0.2, 0.25) is 0 Å². The molecule has 0 unspecified atom stereocenters. The minimum Gasteiger partial charge on any atom is -0.398 e. The fourth-order valence-electron chi connectivity index (χ4n) is 1.03. The number of anilines is 1. The van der Waals surface area contributed by atoms with Gasteiger partial charge in [0.05, 0.1) is 0 Å². The van der Waals surface area contributed by atoms with Gasteiger partial charge < -0.3 is 11.5 Å². The zero-order valence-electron chi connectivity index (χ0n) is 8.36. The van der Waals surface area contributed by atoms with Crippen molar-refractivity contribution in [1.29, 1.82) is 0 Å². The van der Waals surface area contributed by atoms with E-state index < -0.39 is 0 Å². The van der Waals surface area contributed by atoms with Crippen LogP contribution in [0.3, 0.4) is 0 Å². The van der Waals surface area contributed by atoms with Crippen molar-refractivity contribution in [2.75, 3.05) is 12.8 Å². The Labute approximate surface area is 83.1 Å². The Morgan fingerprint density at radius 2 is 2.07 bits per heavy atom. The van der Waals surface area contributed by atoms with E-state index in [9.17, 15) is 0 Å². The quantitative estimate of drug-likeness (QED) is 0.203. The normalized spacial score (nSPS) is 11.5. The van der Waals surface area contributed by atoms with Crippen molar-refractivity contribution in [3.05, 3.63) is 29.3 Å². The van der Waals surface area contributed by atoms with Gasteiger partial charge in [0.25, 0.3) is 0 Å². The van der Waals surface area contributed by atoms with Crippen LogP contribution >= 0.6 is 0 Å². The molecule has 0 atom stereocenters. The summed E-state index contributed by atoms with van der Waals surface area (Å²) in [5, 5.41) is 5.03. The van der Waals surface area contributed by atoms with Gasteiger partial charge in [-0.25, -0.2) is 11.0 Å². The van der Waals surface area contributed by atoms with E-state index in [-0.39, 0.29) is 0 Å². The molecule has 0 saturated carbocycles. The molecule has 0 amide bonds. The fraction of sp³-hybridized carbons (Fsp3) is 0.222. The monoisotopic (exact) mass is 193 g/mol. The summed E-state index contributed by atoms with van der Waals surface area (Å²) in [4.78, 5) is 0. The van der Waals surface area contributed by atoms with E-state index in [0.29, 0.717) is 11.5 Å². The van der Waals surface area contributed by atoms with E-state index in [1.165, 1.54) is 0 Å². The molecule has 0 aliphatic rings. The average molecular weight is 193 g/mol. The zero-order valence-corrected chi connectivity index (χ0v) is 8.36. The van der Waals surface area contributed by atoms with Crippen LogP contribution < -0.4 is 17.3 Å². The number of aryl methyl sites for hydroxylation is 1. The van der Waals surface area contributed by atoms with Crippen molar-refractivity contribution in [3.63, 3.8) is 0 Å². The van der Waals surface area contributed by atoms with E-state index in [2.05, 4.69) is 5.10 Å². The Kier molecular flexibility index (Phi) is 2.93. The smallest absolute Gasteiger partial charge is 0.152 e. The molecule has 5 heteroatoms. The van der Waals surface area contributed by atoms with E-state index in [4.69, 9.17) is 17.3 Å². The second-order valence-corrected chi connectivity index (χ2v) is 3.13. The van der Waals surface area contributed by atoms with Gasteiger partial charge in [0, 0.05) is 18.3 Å². The maximum absolute atomic E-state index is 5.73. The Hall–Kier alpha value is -1.75. The molecule has 1 aromatic rings. The van der Waals surface area contributed by atoms with Gasteiger partial charge >= 0.3 is 0 Å². The van der Waals surface area contributed by atoms with Gasteiger partial charge in [-0.1, -0.05) is 12.1 Å². The van der Waals surface area contributed by atoms with Gasteiger partial charge in [-0.05, 0) is 18.6 Å². The van der Waals surface area contributed by atoms with E-state index in [0.717, 1.165) is 16.2 Å². The maximum Gasteiger partial charge on any atom is 0.152 e. The van der Waals surface area contributed by atoms with Gasteiger partial charge in [-0.2, -0.15) is 0 Å². The first kappa shape index (κ1) is 10.3. The molecule has 0 saturated heterocycles. The van der Waals surface area contributed by atoms with Crippen molar-refractivity contribution in [2.45, 2.75) is 6.92 Å². The topological polar surface area (TPSA) is 93.7 Å². The molecule has 0 spiro atoms. The molecule has 0 fully saturated rings. The number of hydrogen-bond donors (Lipinski definition) is 3. The lowest BCUT2D eigenvalue weighted by molar-refractivity contribution is 0.371. The molecule has 0 bridgehead atoms. The number of hydrazone groups is 1. The highest BCUT2D eigenvalue weighted by molar-refractivity contribution is 5.98. The lowest BCUT2D eigenvalue weighted by Gasteiger charge is -2.08. The molecule has 0 aliphatic heterocycles. The number of hydrazine groups is 1. The minimum atomic E-state index is 0.349. The Bertz CT molecular complexity index is 356. The van der Waals surface area contributed by atoms with Gasteiger partial charge in [0.1, 0.15) is 0 Å². The predicted octanol–water partition coefficient (Wildman–Crippen LogP) is 0.00302. The predicted molar refractivity (Wildman–Crippen MR) is 58.3 cm³/mol. The lowest BCUT2D eigenvalue weighted by Crippen LogP contribution is -2.25. The number of amidine groups is 1. The first-order valence-electron chi connectivity index (χ1n) is 4.19. The van der Waals surface area contributed by atoms with E-state index >= 15 is 0 Å². The second-order valence-electron chi connectivity index (χ2n) is 3.13. The highest BCUT2D eigenvalue weighted by Crippen LogP contribution is 2.12. The van der Waals surface area contributed by atoms with Crippen LogP contribution in [-0.4, -0.2) is 18.0 Å². The van der Waals surface area contributed by atoms with Crippen LogP contribution in [0.5, 0.6) is 0 Å². The summed E-state index contributed by atoms with van der Waals surface area (Å²) >= 11 is 0. The first-order valence-corrected chi connectivity index (χ1v) is 4.19. The molecular formula is C9H15N5. The van der Waals surface area contributed by atoms with Crippen LogP contribution in [0.25, 0.3) is 0 Å². The van der Waals surface area contributed by atoms with Crippen molar-refractivity contribution in [2.24, 2.45) is 16.7 Å². The van der Waals surface area contributed by atoms with Gasteiger partial charge in [-0.15, -0.1) is 5.10 Å². The van der Waals surface area contributed by atoms with E-state index in [1.54, 1.807) is 13.1 Å². The Morgan fingerprint density at radius 3 is 2.57 bits per heavy atom. The highest BCUT2D eigenvalue weighted by atomic mass is 15.6. The molecule has 76 valence electrons. The van der Waals surface area contributed by atoms with Crippen LogP contribution in [0.1, 0.15) is 11.1 Å². The molecule has 0 aliphatic carbocycles. The summed E-state index contributed by atoms with van der Waals surface area (Å²) in [5.41, 5.74) is 13.9. The Morgan fingerprint density at radius 1 is 1.43 bits per heavy atom. The fourth-order valence-corrected chi connectivity index (χ4v) is 1.03. The summed E-state index contributed by atoms with van der Waals surface area (Å²) in [7, 11) is 1.60. The van der Waals surface area contributed by atoms with Crippen LogP contribution in [0, 0.1) is 6.92 Å². The third-order valence-electron chi connectivity index (χ3n) is 1.84. The van der Waals surface area contributed by atoms with Crippen molar-refractivity contribution in [3.8, 4) is 0 Å². The van der Waals surface area contributed by atoms with Crippen LogP contribution in [0.2, 0.25) is 0 Å². The largest absolute Gasteiger partial charge is 0.398 e. The molecule has 1 aromatic carbocycles. The van der Waals surface area contributed by atoms with Crippen molar-refractivity contribution in [1.82, 2.24) is 5.12 Å². The number of nitrogen functional groups attached to an aromatic ring is 1. The molecule has 14 heavy (non-hydrogen) atoms. The number of nitrogens with two attached hydrogens (primary N) is 3. The molecule has 6 N–H and O–H groups in total. The summed E-state index contributed by atoms with van der Waals surface area (Å²) in [6.07, 6.45) is 0. The lowest BCUT2D eigenvalue weighted by atomic mass is 10.1. The highest BCUT2D eigenvalue weighted by Gasteiger charge is 2.01. The van der Waals surface area contributed by atoms with Crippen LogP contribution in [-0.2, 0) is 0 Å². The molecule has 5 nitrogen and oxygen atoms in total. The summed E-state index contributed by atoms with van der Waals surface area (Å²) in [5.74, 6) is 5.68. The minimum absolute atomic E-state index is 0.349. The molecule has 0 aromatic heterocycles. The summed E-state index contributed by atoms with van der Waals surface area (Å²) in [6.45, 7) is 1.93. The molecule has 1 rings (SSSR count). The van der Waals surface area contributed by atoms with E-state index in [1.807, 2.05) is 19.1 Å². The maximum atomic E-state index is 5.73. The zero-order chi connectivity index (χ0) is 10.7. The third-order valence-corrected chi connectivity index (χ3v) is 1.84. The molecule has 0 radical (unpaired) electrons. The van der Waals surface area contributed by atoms with Gasteiger partial charge in [-0.3, -0.25) is 0 Å². The third kappa shape index (κ3) is 2.37. The SMILES string of the molecule is Cc1ccc(/C(N)=N/N(C)N)cc1N. The molecule has 0 heterocycles. The number of benzene rings is 1. The molecular weight excluding hydrogens is 178 g/mol. The number of nitrogens with zero attached hydrogens (tertiary/aromatic N) is 2. The number of hydrogen-bond acceptors (Lipinski definition) is 4. The van der Waals surface area contributed by atoms with Gasteiger partial charge in [0.15, 0.2) is 5.84 Å². The summed E-state index contributed by atoms with van der Waals surface area (Å²) in [6, 6.07) is 5.52. The van der Waals surface area contributed by atoms with Crippen molar-refractivity contribution >= 4 is 11.5 Å². The number of rotatable bonds is 2. The standard InChI is InChI=1S/C9H15N5/c1-6-3-4-7(5-8(6)10)9(11)13-14(2)12/h3-5H,10,12H2,1-2H3,(H2,11,13). The summed E-state index contributed by atoms with van der Waals surface area (Å²) < 4.78 is 0. The first-order chi connectivity index (χ1) is 6.50. The Balaban J connectivity index is 3.03. The van der Waals surface area contributed by atoms with Crippen LogP contribution in [0.15, 0.2) is 23.3 Å². The van der Waals surface area contributed by atoms with Crippen LogP contribution in [0.4, 0.5) is 5.69 Å². The van der Waals surface area contributed by atoms with Crippen molar-refractivity contribution < 1.29 is 0 Å². The average Bonchev–Trinajstić information content (AvgIpc) is 2.08. The second kappa shape index (κ2) is 3.97.